The lowest BCUT2D eigenvalue weighted by Gasteiger charge is -2.31. The monoisotopic (exact) mass is 374 g/mol. The second-order valence-electron chi connectivity index (χ2n) is 5.29. The number of halogens is 2. The molecule has 0 amide bonds. The minimum absolute atomic E-state index is 0.680. The first-order valence-electron chi connectivity index (χ1n) is 6.67. The molecule has 1 fully saturated rings. The number of rotatable bonds is 4. The third kappa shape index (κ3) is 4.27. The maximum atomic E-state index is 5.82. The summed E-state index contributed by atoms with van der Waals surface area (Å²) >= 11 is 7.28. The summed E-state index contributed by atoms with van der Waals surface area (Å²) in [7, 11) is 0. The van der Waals surface area contributed by atoms with Crippen LogP contribution in [-0.2, 0) is 0 Å². The zero-order valence-corrected chi connectivity index (χ0v) is 13.9. The first kappa shape index (κ1) is 14.4. The van der Waals surface area contributed by atoms with E-state index in [-0.39, 0.29) is 0 Å². The molecule has 0 radical (unpaired) electrons. The van der Waals surface area contributed by atoms with Crippen molar-refractivity contribution in [1.82, 2.24) is 0 Å². The lowest BCUT2D eigenvalue weighted by molar-refractivity contribution is 0.226. The van der Waals surface area contributed by atoms with Gasteiger partial charge in [0.05, 0.1) is 6.61 Å². The van der Waals surface area contributed by atoms with E-state index in [1.54, 1.807) is 0 Å². The molecule has 18 heavy (non-hydrogen) atoms. The molecule has 1 saturated carbocycles. The van der Waals surface area contributed by atoms with E-state index in [4.69, 9.17) is 4.74 Å². The van der Waals surface area contributed by atoms with Gasteiger partial charge in [0.25, 0.3) is 0 Å². The molecule has 0 bridgehead atoms. The van der Waals surface area contributed by atoms with Gasteiger partial charge >= 0.3 is 0 Å². The van der Waals surface area contributed by atoms with E-state index in [0.717, 1.165) is 35.1 Å². The van der Waals surface area contributed by atoms with Crippen molar-refractivity contribution in [2.45, 2.75) is 37.4 Å². The maximum absolute atomic E-state index is 5.82. The molecule has 1 aliphatic rings. The number of hydrogen-bond acceptors (Lipinski definition) is 1. The predicted molar refractivity (Wildman–Crippen MR) is 83.5 cm³/mol. The van der Waals surface area contributed by atoms with E-state index in [9.17, 15) is 0 Å². The van der Waals surface area contributed by atoms with Crippen LogP contribution in [-0.4, -0.2) is 11.4 Å². The van der Waals surface area contributed by atoms with Crippen molar-refractivity contribution in [1.29, 1.82) is 0 Å². The van der Waals surface area contributed by atoms with Crippen LogP contribution in [0, 0.1) is 11.8 Å². The molecule has 0 spiro atoms. The van der Waals surface area contributed by atoms with Gasteiger partial charge in [-0.05, 0) is 55.7 Å². The standard InChI is InChI=1S/C15H20Br2O/c1-11-5-6-15(17)12(9-11)7-8-18-14-4-2-3-13(16)10-14/h2-4,10-12,15H,5-9H2,1H3. The maximum Gasteiger partial charge on any atom is 0.120 e. The third-order valence-corrected chi connectivity index (χ3v) is 5.40. The van der Waals surface area contributed by atoms with Crippen LogP contribution < -0.4 is 4.74 Å². The van der Waals surface area contributed by atoms with E-state index in [2.05, 4.69) is 38.8 Å². The molecule has 0 saturated heterocycles. The van der Waals surface area contributed by atoms with Gasteiger partial charge in [0.1, 0.15) is 5.75 Å². The number of benzene rings is 1. The van der Waals surface area contributed by atoms with Crippen LogP contribution >= 0.6 is 31.9 Å². The summed E-state index contributed by atoms with van der Waals surface area (Å²) < 4.78 is 6.90. The molecule has 3 atom stereocenters. The number of hydrogen-bond donors (Lipinski definition) is 0. The molecule has 1 aromatic carbocycles. The van der Waals surface area contributed by atoms with E-state index in [1.165, 1.54) is 19.3 Å². The van der Waals surface area contributed by atoms with E-state index >= 15 is 0 Å². The molecule has 2 rings (SSSR count). The van der Waals surface area contributed by atoms with Crippen LogP contribution in [0.3, 0.4) is 0 Å². The molecule has 100 valence electrons. The molecule has 1 aromatic rings. The van der Waals surface area contributed by atoms with Crippen molar-refractivity contribution in [2.24, 2.45) is 11.8 Å². The van der Waals surface area contributed by atoms with Crippen LogP contribution in [0.2, 0.25) is 0 Å². The fourth-order valence-electron chi connectivity index (χ4n) is 2.65. The van der Waals surface area contributed by atoms with Crippen molar-refractivity contribution in [3.8, 4) is 5.75 Å². The van der Waals surface area contributed by atoms with Gasteiger partial charge in [0, 0.05) is 9.30 Å². The molecular formula is C15H20Br2O. The Kier molecular flexibility index (Phi) is 5.56. The molecule has 0 heterocycles. The largest absolute Gasteiger partial charge is 0.494 e. The fraction of sp³-hybridized carbons (Fsp3) is 0.600. The Morgan fingerprint density at radius 2 is 2.17 bits per heavy atom. The molecule has 3 unspecified atom stereocenters. The molecule has 0 aliphatic heterocycles. The van der Waals surface area contributed by atoms with Crippen LogP contribution in [0.15, 0.2) is 28.7 Å². The van der Waals surface area contributed by atoms with Crippen molar-refractivity contribution < 1.29 is 4.74 Å². The summed E-state index contributed by atoms with van der Waals surface area (Å²) in [5.41, 5.74) is 0. The van der Waals surface area contributed by atoms with Gasteiger partial charge in [-0.3, -0.25) is 0 Å². The van der Waals surface area contributed by atoms with Crippen molar-refractivity contribution in [3.63, 3.8) is 0 Å². The van der Waals surface area contributed by atoms with Crippen LogP contribution in [0.25, 0.3) is 0 Å². The molecule has 1 nitrogen and oxygen atoms in total. The van der Waals surface area contributed by atoms with Crippen molar-refractivity contribution in [3.05, 3.63) is 28.7 Å². The van der Waals surface area contributed by atoms with Gasteiger partial charge < -0.3 is 4.74 Å². The molecule has 1 aliphatic carbocycles. The third-order valence-electron chi connectivity index (χ3n) is 3.71. The van der Waals surface area contributed by atoms with Gasteiger partial charge in [-0.2, -0.15) is 0 Å². The van der Waals surface area contributed by atoms with E-state index < -0.39 is 0 Å². The molecule has 0 aromatic heterocycles. The Hall–Kier alpha value is -0.0200. The summed E-state index contributed by atoms with van der Waals surface area (Å²) in [6.07, 6.45) is 5.14. The van der Waals surface area contributed by atoms with Crippen LogP contribution in [0.4, 0.5) is 0 Å². The minimum Gasteiger partial charge on any atom is -0.494 e. The lowest BCUT2D eigenvalue weighted by atomic mass is 9.81. The quantitative estimate of drug-likeness (QED) is 0.638. The normalized spacial score (nSPS) is 28.1. The van der Waals surface area contributed by atoms with Gasteiger partial charge in [-0.25, -0.2) is 0 Å². The summed E-state index contributed by atoms with van der Waals surface area (Å²) in [5, 5.41) is 0. The molecule has 0 N–H and O–H groups in total. The van der Waals surface area contributed by atoms with Gasteiger partial charge in [-0.15, -0.1) is 0 Å². The highest BCUT2D eigenvalue weighted by Gasteiger charge is 2.26. The highest BCUT2D eigenvalue weighted by molar-refractivity contribution is 9.10. The highest BCUT2D eigenvalue weighted by atomic mass is 79.9. The lowest BCUT2D eigenvalue weighted by Crippen LogP contribution is -2.25. The smallest absolute Gasteiger partial charge is 0.120 e. The Morgan fingerprint density at radius 1 is 1.33 bits per heavy atom. The zero-order chi connectivity index (χ0) is 13.0. The summed E-state index contributed by atoms with van der Waals surface area (Å²) in [6, 6.07) is 8.06. The fourth-order valence-corrected chi connectivity index (χ4v) is 3.77. The summed E-state index contributed by atoms with van der Waals surface area (Å²) in [5.74, 6) is 2.59. The SMILES string of the molecule is CC1CCC(Br)C(CCOc2cccc(Br)c2)C1. The Balaban J connectivity index is 1.77. The summed E-state index contributed by atoms with van der Waals surface area (Å²) in [6.45, 7) is 3.18. The predicted octanol–water partition coefficient (Wildman–Crippen LogP) is 5.42. The minimum atomic E-state index is 0.680. The van der Waals surface area contributed by atoms with E-state index in [0.29, 0.717) is 4.83 Å². The Morgan fingerprint density at radius 3 is 2.94 bits per heavy atom. The first-order valence-corrected chi connectivity index (χ1v) is 8.38. The first-order chi connectivity index (χ1) is 8.65. The van der Waals surface area contributed by atoms with Crippen LogP contribution in [0.5, 0.6) is 5.75 Å². The second kappa shape index (κ2) is 6.95. The highest BCUT2D eigenvalue weighted by Crippen LogP contribution is 2.35. The average molecular weight is 376 g/mol. The van der Waals surface area contributed by atoms with Gasteiger partial charge in [0.15, 0.2) is 0 Å². The molecular weight excluding hydrogens is 356 g/mol. The van der Waals surface area contributed by atoms with Crippen LogP contribution in [0.1, 0.15) is 32.6 Å². The Labute approximate surface area is 127 Å². The van der Waals surface area contributed by atoms with Crippen molar-refractivity contribution in [2.75, 3.05) is 6.61 Å². The van der Waals surface area contributed by atoms with Gasteiger partial charge in [0.2, 0.25) is 0 Å². The van der Waals surface area contributed by atoms with E-state index in [1.807, 2.05) is 24.3 Å². The molecule has 3 heteroatoms. The Bertz CT molecular complexity index is 381. The summed E-state index contributed by atoms with van der Waals surface area (Å²) in [4.78, 5) is 0.680. The topological polar surface area (TPSA) is 9.23 Å². The second-order valence-corrected chi connectivity index (χ2v) is 7.38. The zero-order valence-electron chi connectivity index (χ0n) is 10.7. The van der Waals surface area contributed by atoms with Gasteiger partial charge in [-0.1, -0.05) is 44.8 Å². The number of alkyl halides is 1. The average Bonchev–Trinajstić information content (AvgIpc) is 2.34. The van der Waals surface area contributed by atoms with Crippen molar-refractivity contribution >= 4 is 31.9 Å². The number of ether oxygens (including phenoxy) is 1.